The van der Waals surface area contributed by atoms with Gasteiger partial charge in [0.1, 0.15) is 29.9 Å². The topological polar surface area (TPSA) is 142 Å². The summed E-state index contributed by atoms with van der Waals surface area (Å²) < 4.78 is 6.82. The molecule has 1 aromatic heterocycles. The summed E-state index contributed by atoms with van der Waals surface area (Å²) in [6.45, 7) is 1.71. The molecule has 0 radical (unpaired) electrons. The number of benzene rings is 2. The zero-order chi connectivity index (χ0) is 22.5. The van der Waals surface area contributed by atoms with Crippen LogP contribution in [0.15, 0.2) is 54.9 Å². The summed E-state index contributed by atoms with van der Waals surface area (Å²) in [7, 11) is 0. The van der Waals surface area contributed by atoms with Crippen molar-refractivity contribution in [1.29, 1.82) is 0 Å². The summed E-state index contributed by atoms with van der Waals surface area (Å²) in [5.41, 5.74) is -0.409. The van der Waals surface area contributed by atoms with E-state index in [2.05, 4.69) is 10.4 Å². The number of halogens is 1. The van der Waals surface area contributed by atoms with Gasteiger partial charge in [-0.1, -0.05) is 18.5 Å². The quantitative estimate of drug-likeness (QED) is 0.389. The standard InChI is InChI=1S/C19H16ClN5O6/c1-2-18(23-11-15(10-21-23)25(29)30)19(26)22-13-7-14(24(27)28)9-17(8-13)31-16-5-3-12(20)4-6-16/h3-11,18H,2H2,1H3,(H,22,26). The van der Waals surface area contributed by atoms with Crippen LogP contribution < -0.4 is 10.1 Å². The first-order valence-corrected chi connectivity index (χ1v) is 9.37. The van der Waals surface area contributed by atoms with Crippen LogP contribution in [-0.4, -0.2) is 25.5 Å². The normalized spacial score (nSPS) is 11.5. The van der Waals surface area contributed by atoms with E-state index in [0.717, 1.165) is 12.4 Å². The number of carbonyl (C=O) groups is 1. The third kappa shape index (κ3) is 5.34. The second-order valence-corrected chi connectivity index (χ2v) is 6.81. The first-order valence-electron chi connectivity index (χ1n) is 8.99. The molecule has 0 bridgehead atoms. The maximum Gasteiger partial charge on any atom is 0.307 e. The van der Waals surface area contributed by atoms with E-state index in [1.165, 1.54) is 22.9 Å². The fraction of sp³-hybridized carbons (Fsp3) is 0.158. The first-order chi connectivity index (χ1) is 14.8. The van der Waals surface area contributed by atoms with Crippen molar-refractivity contribution in [2.75, 3.05) is 5.32 Å². The van der Waals surface area contributed by atoms with Crippen LogP contribution in [0.1, 0.15) is 19.4 Å². The van der Waals surface area contributed by atoms with E-state index in [-0.39, 0.29) is 29.2 Å². The van der Waals surface area contributed by atoms with Crippen LogP contribution in [0.5, 0.6) is 11.5 Å². The molecule has 0 saturated carbocycles. The molecular weight excluding hydrogens is 430 g/mol. The summed E-state index contributed by atoms with van der Waals surface area (Å²) in [5.74, 6) is -0.00880. The molecule has 0 saturated heterocycles. The van der Waals surface area contributed by atoms with Gasteiger partial charge in [-0.05, 0) is 30.7 Å². The SMILES string of the molecule is CCC(C(=O)Nc1cc(Oc2ccc(Cl)cc2)cc([N+](=O)[O-])c1)n1cc([N+](=O)[O-])cn1. The molecule has 1 atom stereocenters. The molecule has 0 aliphatic heterocycles. The number of carbonyl (C=O) groups excluding carboxylic acids is 1. The number of anilines is 1. The predicted molar refractivity (Wildman–Crippen MR) is 111 cm³/mol. The highest BCUT2D eigenvalue weighted by molar-refractivity contribution is 6.30. The third-order valence-electron chi connectivity index (χ3n) is 4.23. The van der Waals surface area contributed by atoms with Gasteiger partial charge in [-0.15, -0.1) is 0 Å². The monoisotopic (exact) mass is 445 g/mol. The Balaban J connectivity index is 1.85. The molecule has 11 nitrogen and oxygen atoms in total. The van der Waals surface area contributed by atoms with E-state index in [4.69, 9.17) is 16.3 Å². The van der Waals surface area contributed by atoms with Gasteiger partial charge in [-0.2, -0.15) is 5.10 Å². The van der Waals surface area contributed by atoms with Gasteiger partial charge < -0.3 is 10.1 Å². The molecule has 3 aromatic rings. The van der Waals surface area contributed by atoms with Gasteiger partial charge in [-0.25, -0.2) is 0 Å². The number of ether oxygens (including phenoxy) is 1. The summed E-state index contributed by atoms with van der Waals surface area (Å²) in [5, 5.41) is 29.1. The highest BCUT2D eigenvalue weighted by atomic mass is 35.5. The van der Waals surface area contributed by atoms with Crippen LogP contribution in [0.3, 0.4) is 0 Å². The summed E-state index contributed by atoms with van der Waals surface area (Å²) >= 11 is 5.84. The molecular formula is C19H16ClN5O6. The maximum absolute atomic E-state index is 12.7. The highest BCUT2D eigenvalue weighted by Gasteiger charge is 2.23. The number of nitrogens with zero attached hydrogens (tertiary/aromatic N) is 4. The summed E-state index contributed by atoms with van der Waals surface area (Å²) in [6.07, 6.45) is 2.48. The number of hydrogen-bond acceptors (Lipinski definition) is 7. The number of aromatic nitrogens is 2. The number of rotatable bonds is 8. The number of nitro benzene ring substituents is 1. The van der Waals surface area contributed by atoms with E-state index < -0.39 is 21.8 Å². The lowest BCUT2D eigenvalue weighted by molar-refractivity contribution is -0.385. The molecule has 2 aromatic carbocycles. The fourth-order valence-electron chi connectivity index (χ4n) is 2.77. The zero-order valence-electron chi connectivity index (χ0n) is 16.1. The Morgan fingerprint density at radius 2 is 1.81 bits per heavy atom. The van der Waals surface area contributed by atoms with Crippen LogP contribution in [0.25, 0.3) is 0 Å². The molecule has 0 spiro atoms. The molecule has 1 unspecified atom stereocenters. The second-order valence-electron chi connectivity index (χ2n) is 6.38. The third-order valence-corrected chi connectivity index (χ3v) is 4.48. The van der Waals surface area contributed by atoms with E-state index in [1.54, 1.807) is 31.2 Å². The summed E-state index contributed by atoms with van der Waals surface area (Å²) in [4.78, 5) is 33.7. The average molecular weight is 446 g/mol. The van der Waals surface area contributed by atoms with Crippen molar-refractivity contribution in [3.8, 4) is 11.5 Å². The van der Waals surface area contributed by atoms with Crippen molar-refractivity contribution in [3.05, 3.63) is 80.1 Å². The van der Waals surface area contributed by atoms with Crippen LogP contribution in [0.4, 0.5) is 17.1 Å². The maximum atomic E-state index is 12.7. The average Bonchev–Trinajstić information content (AvgIpc) is 3.20. The van der Waals surface area contributed by atoms with Gasteiger partial charge in [0.2, 0.25) is 5.91 Å². The van der Waals surface area contributed by atoms with Gasteiger partial charge in [-0.3, -0.25) is 29.7 Å². The van der Waals surface area contributed by atoms with Crippen molar-refractivity contribution in [2.24, 2.45) is 0 Å². The van der Waals surface area contributed by atoms with Crippen LogP contribution >= 0.6 is 11.6 Å². The molecule has 160 valence electrons. The molecule has 1 amide bonds. The fourth-order valence-corrected chi connectivity index (χ4v) is 2.90. The van der Waals surface area contributed by atoms with Crippen LogP contribution in [0, 0.1) is 20.2 Å². The van der Waals surface area contributed by atoms with Gasteiger partial charge in [0, 0.05) is 17.2 Å². The first kappa shape index (κ1) is 21.7. The number of amides is 1. The van der Waals surface area contributed by atoms with E-state index in [0.29, 0.717) is 10.8 Å². The molecule has 3 rings (SSSR count). The Kier molecular flexibility index (Phi) is 6.46. The minimum Gasteiger partial charge on any atom is -0.457 e. The van der Waals surface area contributed by atoms with Gasteiger partial charge >= 0.3 is 5.69 Å². The molecule has 1 heterocycles. The Morgan fingerprint density at radius 3 is 2.39 bits per heavy atom. The molecule has 12 heteroatoms. The molecule has 0 fully saturated rings. The zero-order valence-corrected chi connectivity index (χ0v) is 16.9. The number of nitro groups is 2. The van der Waals surface area contributed by atoms with Crippen molar-refractivity contribution >= 4 is 34.6 Å². The lowest BCUT2D eigenvalue weighted by atomic mass is 10.2. The largest absolute Gasteiger partial charge is 0.457 e. The van der Waals surface area contributed by atoms with Crippen molar-refractivity contribution in [2.45, 2.75) is 19.4 Å². The number of nitrogens with one attached hydrogen (secondary N) is 1. The minimum absolute atomic E-state index is 0.128. The minimum atomic E-state index is -0.853. The Hall–Kier alpha value is -3.99. The molecule has 0 aliphatic rings. The molecule has 0 aliphatic carbocycles. The number of non-ortho nitro benzene ring substituents is 1. The van der Waals surface area contributed by atoms with Crippen LogP contribution in [0.2, 0.25) is 5.02 Å². The van der Waals surface area contributed by atoms with Crippen LogP contribution in [-0.2, 0) is 4.79 Å². The van der Waals surface area contributed by atoms with E-state index in [1.807, 2.05) is 0 Å². The van der Waals surface area contributed by atoms with E-state index in [9.17, 15) is 25.0 Å². The van der Waals surface area contributed by atoms with Gasteiger partial charge in [0.25, 0.3) is 5.69 Å². The van der Waals surface area contributed by atoms with Gasteiger partial charge in [0.15, 0.2) is 0 Å². The van der Waals surface area contributed by atoms with Crippen molar-refractivity contribution in [3.63, 3.8) is 0 Å². The Bertz CT molecular complexity index is 1130. The van der Waals surface area contributed by atoms with E-state index >= 15 is 0 Å². The molecule has 31 heavy (non-hydrogen) atoms. The smallest absolute Gasteiger partial charge is 0.307 e. The second kappa shape index (κ2) is 9.22. The summed E-state index contributed by atoms with van der Waals surface area (Å²) in [6, 6.07) is 9.38. The highest BCUT2D eigenvalue weighted by Crippen LogP contribution is 2.31. The van der Waals surface area contributed by atoms with Crippen molar-refractivity contribution < 1.29 is 19.4 Å². The van der Waals surface area contributed by atoms with Crippen molar-refractivity contribution in [1.82, 2.24) is 9.78 Å². The Labute approximate surface area is 180 Å². The lowest BCUT2D eigenvalue weighted by Crippen LogP contribution is -2.26. The predicted octanol–water partition coefficient (Wildman–Crippen LogP) is 4.74. The van der Waals surface area contributed by atoms with Gasteiger partial charge in [0.05, 0.1) is 21.6 Å². The Morgan fingerprint density at radius 1 is 1.13 bits per heavy atom. The molecule has 1 N–H and O–H groups in total. The lowest BCUT2D eigenvalue weighted by Gasteiger charge is -2.16. The number of hydrogen-bond donors (Lipinski definition) is 1.